The molecule has 18 heavy (non-hydrogen) atoms. The number of piperidine rings is 1. The quantitative estimate of drug-likeness (QED) is 0.811. The van der Waals surface area contributed by atoms with Crippen molar-refractivity contribution in [1.29, 1.82) is 0 Å². The van der Waals surface area contributed by atoms with E-state index in [9.17, 15) is 4.79 Å². The summed E-state index contributed by atoms with van der Waals surface area (Å²) in [7, 11) is 0. The highest BCUT2D eigenvalue weighted by Crippen LogP contribution is 2.24. The molecule has 1 saturated heterocycles. The van der Waals surface area contributed by atoms with E-state index in [0.717, 1.165) is 31.7 Å². The van der Waals surface area contributed by atoms with Crippen molar-refractivity contribution in [1.82, 2.24) is 9.97 Å². The zero-order chi connectivity index (χ0) is 13.1. The Labute approximate surface area is 106 Å². The third-order valence-corrected chi connectivity index (χ3v) is 3.27. The lowest BCUT2D eigenvalue weighted by Gasteiger charge is -2.32. The van der Waals surface area contributed by atoms with Gasteiger partial charge in [0.25, 0.3) is 0 Å². The molecule has 0 saturated carbocycles. The SMILES string of the molecule is Cc1nc(N)cc(N2CCC(CC(N)=O)CC2)n1. The zero-order valence-corrected chi connectivity index (χ0v) is 10.6. The van der Waals surface area contributed by atoms with Gasteiger partial charge >= 0.3 is 0 Å². The van der Waals surface area contributed by atoms with Crippen molar-refractivity contribution in [2.24, 2.45) is 11.7 Å². The van der Waals surface area contributed by atoms with Gasteiger partial charge in [-0.15, -0.1) is 0 Å². The van der Waals surface area contributed by atoms with Crippen LogP contribution in [0.25, 0.3) is 0 Å². The Bertz CT molecular complexity index is 420. The van der Waals surface area contributed by atoms with E-state index >= 15 is 0 Å². The lowest BCUT2D eigenvalue weighted by molar-refractivity contribution is -0.119. The summed E-state index contributed by atoms with van der Waals surface area (Å²) in [5, 5.41) is 0. The predicted octanol–water partition coefficient (Wildman–Crippen LogP) is 0.459. The largest absolute Gasteiger partial charge is 0.384 e. The first kappa shape index (κ1) is 12.6. The minimum absolute atomic E-state index is 0.212. The smallest absolute Gasteiger partial charge is 0.217 e. The number of hydrogen-bond acceptors (Lipinski definition) is 5. The van der Waals surface area contributed by atoms with E-state index < -0.39 is 0 Å². The molecule has 1 aliphatic heterocycles. The van der Waals surface area contributed by atoms with Crippen LogP contribution < -0.4 is 16.4 Å². The van der Waals surface area contributed by atoms with Crippen LogP contribution >= 0.6 is 0 Å². The van der Waals surface area contributed by atoms with Gasteiger partial charge in [0, 0.05) is 25.6 Å². The molecule has 1 amide bonds. The summed E-state index contributed by atoms with van der Waals surface area (Å²) in [5.41, 5.74) is 10.9. The highest BCUT2D eigenvalue weighted by molar-refractivity contribution is 5.74. The molecule has 1 aromatic rings. The Kier molecular flexibility index (Phi) is 3.64. The van der Waals surface area contributed by atoms with Crippen LogP contribution in [0.4, 0.5) is 11.6 Å². The molecule has 6 nitrogen and oxygen atoms in total. The Hall–Kier alpha value is -1.85. The van der Waals surface area contributed by atoms with Crippen LogP contribution in [0, 0.1) is 12.8 Å². The van der Waals surface area contributed by atoms with Crippen LogP contribution in [-0.2, 0) is 4.79 Å². The molecule has 1 aromatic heterocycles. The molecule has 0 aromatic carbocycles. The van der Waals surface area contributed by atoms with Crippen molar-refractivity contribution in [2.45, 2.75) is 26.2 Å². The highest BCUT2D eigenvalue weighted by Gasteiger charge is 2.21. The van der Waals surface area contributed by atoms with Crippen molar-refractivity contribution in [3.05, 3.63) is 11.9 Å². The van der Waals surface area contributed by atoms with Gasteiger partial charge in [-0.1, -0.05) is 0 Å². The molecule has 0 aliphatic carbocycles. The zero-order valence-electron chi connectivity index (χ0n) is 10.6. The molecule has 0 spiro atoms. The van der Waals surface area contributed by atoms with Crippen LogP contribution in [0.2, 0.25) is 0 Å². The molecule has 2 rings (SSSR count). The number of aromatic nitrogens is 2. The summed E-state index contributed by atoms with van der Waals surface area (Å²) in [5.74, 6) is 2.24. The van der Waals surface area contributed by atoms with E-state index in [2.05, 4.69) is 14.9 Å². The summed E-state index contributed by atoms with van der Waals surface area (Å²) in [4.78, 5) is 21.5. The minimum atomic E-state index is -0.212. The standard InChI is InChI=1S/C12H19N5O/c1-8-15-10(13)7-12(16-8)17-4-2-9(3-5-17)6-11(14)18/h7,9H,2-6H2,1H3,(H2,14,18)(H2,13,15,16). The van der Waals surface area contributed by atoms with Crippen LogP contribution in [0.3, 0.4) is 0 Å². The van der Waals surface area contributed by atoms with Crippen molar-refractivity contribution in [2.75, 3.05) is 23.7 Å². The number of aryl methyl sites for hydroxylation is 1. The van der Waals surface area contributed by atoms with E-state index in [-0.39, 0.29) is 5.91 Å². The molecule has 1 fully saturated rings. The number of nitrogen functional groups attached to an aromatic ring is 1. The van der Waals surface area contributed by atoms with Gasteiger partial charge in [-0.25, -0.2) is 9.97 Å². The Morgan fingerprint density at radius 2 is 2.11 bits per heavy atom. The average Bonchev–Trinajstić information content (AvgIpc) is 2.27. The summed E-state index contributed by atoms with van der Waals surface area (Å²) in [6.07, 6.45) is 2.41. The monoisotopic (exact) mass is 249 g/mol. The Morgan fingerprint density at radius 3 is 2.67 bits per heavy atom. The van der Waals surface area contributed by atoms with Gasteiger partial charge in [-0.05, 0) is 25.7 Å². The van der Waals surface area contributed by atoms with Crippen LogP contribution in [0.15, 0.2) is 6.07 Å². The van der Waals surface area contributed by atoms with Crippen molar-refractivity contribution in [3.8, 4) is 0 Å². The summed E-state index contributed by atoms with van der Waals surface area (Å²) >= 11 is 0. The number of carbonyl (C=O) groups is 1. The fourth-order valence-corrected chi connectivity index (χ4v) is 2.39. The van der Waals surface area contributed by atoms with Crippen LogP contribution in [-0.4, -0.2) is 29.0 Å². The number of primary amides is 1. The molecule has 4 N–H and O–H groups in total. The van der Waals surface area contributed by atoms with Crippen LogP contribution in [0.1, 0.15) is 25.1 Å². The molecule has 2 heterocycles. The molecular formula is C12H19N5O. The average molecular weight is 249 g/mol. The van der Waals surface area contributed by atoms with E-state index in [1.54, 1.807) is 6.07 Å². The van der Waals surface area contributed by atoms with Crippen LogP contribution in [0.5, 0.6) is 0 Å². The number of carbonyl (C=O) groups excluding carboxylic acids is 1. The second-order valence-corrected chi connectivity index (χ2v) is 4.80. The third-order valence-electron chi connectivity index (χ3n) is 3.27. The molecule has 0 bridgehead atoms. The molecule has 0 atom stereocenters. The fourth-order valence-electron chi connectivity index (χ4n) is 2.39. The maximum Gasteiger partial charge on any atom is 0.217 e. The number of nitrogens with zero attached hydrogens (tertiary/aromatic N) is 3. The van der Waals surface area contributed by atoms with Crippen molar-refractivity contribution >= 4 is 17.5 Å². The predicted molar refractivity (Wildman–Crippen MR) is 69.9 cm³/mol. The fraction of sp³-hybridized carbons (Fsp3) is 0.583. The Morgan fingerprint density at radius 1 is 1.44 bits per heavy atom. The van der Waals surface area contributed by atoms with Crippen molar-refractivity contribution < 1.29 is 4.79 Å². The maximum atomic E-state index is 10.9. The van der Waals surface area contributed by atoms with E-state index in [1.807, 2.05) is 6.92 Å². The molecule has 0 radical (unpaired) electrons. The van der Waals surface area contributed by atoms with E-state index in [0.29, 0.717) is 24.0 Å². The van der Waals surface area contributed by atoms with Gasteiger partial charge < -0.3 is 16.4 Å². The van der Waals surface area contributed by atoms with Gasteiger partial charge in [0.2, 0.25) is 5.91 Å². The molecule has 6 heteroatoms. The first-order chi connectivity index (χ1) is 8.54. The topological polar surface area (TPSA) is 98.1 Å². The van der Waals surface area contributed by atoms with Gasteiger partial charge in [0.15, 0.2) is 0 Å². The second-order valence-electron chi connectivity index (χ2n) is 4.80. The normalized spacial score (nSPS) is 16.8. The number of hydrogen-bond donors (Lipinski definition) is 2. The molecule has 98 valence electrons. The van der Waals surface area contributed by atoms with Gasteiger partial charge in [-0.3, -0.25) is 4.79 Å². The summed E-state index contributed by atoms with van der Waals surface area (Å²) in [6, 6.07) is 1.79. The number of rotatable bonds is 3. The van der Waals surface area contributed by atoms with Gasteiger partial charge in [0.05, 0.1) is 0 Å². The number of nitrogens with two attached hydrogens (primary N) is 2. The number of anilines is 2. The summed E-state index contributed by atoms with van der Waals surface area (Å²) in [6.45, 7) is 3.60. The molecule has 1 aliphatic rings. The molecular weight excluding hydrogens is 230 g/mol. The lowest BCUT2D eigenvalue weighted by Crippen LogP contribution is -2.35. The maximum absolute atomic E-state index is 10.9. The summed E-state index contributed by atoms with van der Waals surface area (Å²) < 4.78 is 0. The number of amides is 1. The highest BCUT2D eigenvalue weighted by atomic mass is 16.1. The molecule has 0 unspecified atom stereocenters. The lowest BCUT2D eigenvalue weighted by atomic mass is 9.93. The first-order valence-corrected chi connectivity index (χ1v) is 6.19. The third kappa shape index (κ3) is 3.09. The van der Waals surface area contributed by atoms with E-state index in [4.69, 9.17) is 11.5 Å². The first-order valence-electron chi connectivity index (χ1n) is 6.19. The Balaban J connectivity index is 1.98. The van der Waals surface area contributed by atoms with E-state index in [1.165, 1.54) is 0 Å². The van der Waals surface area contributed by atoms with Gasteiger partial charge in [-0.2, -0.15) is 0 Å². The van der Waals surface area contributed by atoms with Crippen molar-refractivity contribution in [3.63, 3.8) is 0 Å². The minimum Gasteiger partial charge on any atom is -0.384 e. The van der Waals surface area contributed by atoms with Gasteiger partial charge in [0.1, 0.15) is 17.5 Å². The second kappa shape index (κ2) is 5.20.